The molecule has 2 heterocycles. The lowest BCUT2D eigenvalue weighted by Gasteiger charge is -2.20. The van der Waals surface area contributed by atoms with Crippen LogP contribution in [-0.4, -0.2) is 47.0 Å². The number of aromatic nitrogens is 4. The summed E-state index contributed by atoms with van der Waals surface area (Å²) in [5.41, 5.74) is 7.51. The Balaban J connectivity index is 1.31. The lowest BCUT2D eigenvalue weighted by molar-refractivity contribution is 0.102. The van der Waals surface area contributed by atoms with E-state index in [1.807, 2.05) is 77.1 Å². The molecule has 1 fully saturated rings. The molecule has 3 aromatic carbocycles. The van der Waals surface area contributed by atoms with Gasteiger partial charge >= 0.3 is 0 Å². The average Bonchev–Trinajstić information content (AvgIpc) is 3.38. The zero-order valence-corrected chi connectivity index (χ0v) is 26.8. The highest BCUT2D eigenvalue weighted by atomic mass is 32.2. The zero-order chi connectivity index (χ0) is 31.9. The van der Waals surface area contributed by atoms with Crippen molar-refractivity contribution < 1.29 is 17.9 Å². The molecular weight excluding hydrogens is 588 g/mol. The van der Waals surface area contributed by atoms with Crippen LogP contribution in [0.5, 0.6) is 5.75 Å². The van der Waals surface area contributed by atoms with Crippen LogP contribution in [0.2, 0.25) is 0 Å². The van der Waals surface area contributed by atoms with Crippen molar-refractivity contribution in [3.8, 4) is 28.4 Å². The van der Waals surface area contributed by atoms with Gasteiger partial charge < -0.3 is 14.6 Å². The van der Waals surface area contributed by atoms with Crippen LogP contribution in [0, 0.1) is 6.92 Å². The molecule has 1 amide bonds. The highest BCUT2D eigenvalue weighted by Gasteiger charge is 2.40. The lowest BCUT2D eigenvalue weighted by Crippen LogP contribution is -2.17. The first-order valence-corrected chi connectivity index (χ1v) is 16.7. The van der Waals surface area contributed by atoms with E-state index in [4.69, 9.17) is 9.72 Å². The number of para-hydroxylation sites is 1. The number of nitrogens with zero attached hydrogens (tertiary/aromatic N) is 4. The van der Waals surface area contributed by atoms with E-state index in [1.54, 1.807) is 18.5 Å². The van der Waals surface area contributed by atoms with Crippen molar-refractivity contribution in [1.82, 2.24) is 19.3 Å². The standard InChI is InChI=1S/C34H36N6O4S/c1-6-30-26(19-36-40(30)25-10-8-7-9-11-25)29-20-39(21-35-29)31-16-23(13-12-22(31)2)33(41)37-27-17-24(34(3)14-15-34)18-28(32(27)44-4)38-45(5,42)43/h7-13,16-21,38H,6,14-15H2,1-5H3,(H,37,41). The summed E-state index contributed by atoms with van der Waals surface area (Å²) in [7, 11) is -2.13. The third-order valence-corrected chi connectivity index (χ3v) is 8.94. The van der Waals surface area contributed by atoms with Gasteiger partial charge in [-0.1, -0.05) is 38.1 Å². The molecule has 0 aliphatic heterocycles. The number of carbonyl (C=O) groups excluding carboxylic acids is 1. The fourth-order valence-electron chi connectivity index (χ4n) is 5.58. The summed E-state index contributed by atoms with van der Waals surface area (Å²) in [6.45, 7) is 6.19. The summed E-state index contributed by atoms with van der Waals surface area (Å²) in [6.07, 6.45) is 9.34. The number of methoxy groups -OCH3 is 1. The van der Waals surface area contributed by atoms with E-state index in [9.17, 15) is 13.2 Å². The van der Waals surface area contributed by atoms with E-state index in [0.29, 0.717) is 16.9 Å². The Kier molecular flexibility index (Phi) is 7.74. The Morgan fingerprint density at radius 3 is 2.47 bits per heavy atom. The predicted molar refractivity (Wildman–Crippen MR) is 176 cm³/mol. The van der Waals surface area contributed by atoms with Crippen LogP contribution in [0.15, 0.2) is 79.4 Å². The van der Waals surface area contributed by atoms with Gasteiger partial charge in [-0.15, -0.1) is 0 Å². The minimum Gasteiger partial charge on any atom is -0.492 e. The summed E-state index contributed by atoms with van der Waals surface area (Å²) in [5, 5.41) is 7.61. The molecule has 1 saturated carbocycles. The number of sulfonamides is 1. The molecule has 0 bridgehead atoms. The molecule has 45 heavy (non-hydrogen) atoms. The van der Waals surface area contributed by atoms with Crippen molar-refractivity contribution in [2.45, 2.75) is 45.4 Å². The largest absolute Gasteiger partial charge is 0.492 e. The molecule has 11 heteroatoms. The maximum atomic E-state index is 13.7. The van der Waals surface area contributed by atoms with Gasteiger partial charge in [0.2, 0.25) is 10.0 Å². The number of amides is 1. The predicted octanol–water partition coefficient (Wildman–Crippen LogP) is 6.28. The quantitative estimate of drug-likeness (QED) is 0.189. The highest BCUT2D eigenvalue weighted by molar-refractivity contribution is 7.92. The van der Waals surface area contributed by atoms with Crippen LogP contribution in [0.4, 0.5) is 11.4 Å². The van der Waals surface area contributed by atoms with E-state index in [-0.39, 0.29) is 17.1 Å². The number of hydrogen-bond acceptors (Lipinski definition) is 6. The fourth-order valence-corrected chi connectivity index (χ4v) is 6.13. The van der Waals surface area contributed by atoms with Crippen molar-refractivity contribution in [1.29, 1.82) is 0 Å². The SMILES string of the molecule is CCc1c(-c2cn(-c3cc(C(=O)Nc4cc(C5(C)CC5)cc(NS(C)(=O)=O)c4OC)ccc3C)cn2)cnn1-c1ccccc1. The number of benzene rings is 3. The Morgan fingerprint density at radius 2 is 1.80 bits per heavy atom. The highest BCUT2D eigenvalue weighted by Crippen LogP contribution is 2.51. The second-order valence-corrected chi connectivity index (χ2v) is 13.5. The van der Waals surface area contributed by atoms with Crippen molar-refractivity contribution >= 4 is 27.3 Å². The maximum Gasteiger partial charge on any atom is 0.255 e. The van der Waals surface area contributed by atoms with Gasteiger partial charge in [0.1, 0.15) is 0 Å². The molecule has 2 N–H and O–H groups in total. The van der Waals surface area contributed by atoms with E-state index >= 15 is 0 Å². The minimum atomic E-state index is -3.58. The average molecular weight is 625 g/mol. The molecule has 1 aliphatic rings. The topological polar surface area (TPSA) is 120 Å². The molecule has 2 aromatic heterocycles. The fraction of sp³-hybridized carbons (Fsp3) is 0.265. The molecule has 232 valence electrons. The van der Waals surface area contributed by atoms with Crippen LogP contribution in [-0.2, 0) is 21.9 Å². The van der Waals surface area contributed by atoms with Crippen molar-refractivity contribution in [3.05, 3.63) is 102 Å². The number of rotatable bonds is 10. The van der Waals surface area contributed by atoms with Crippen molar-refractivity contribution in [2.24, 2.45) is 0 Å². The number of hydrogen-bond donors (Lipinski definition) is 2. The Bertz CT molecular complexity index is 2010. The van der Waals surface area contributed by atoms with E-state index in [2.05, 4.69) is 29.0 Å². The summed E-state index contributed by atoms with van der Waals surface area (Å²) in [6, 6.07) is 19.1. The molecule has 0 radical (unpaired) electrons. The van der Waals surface area contributed by atoms with Gasteiger partial charge in [-0.2, -0.15) is 5.10 Å². The second kappa shape index (κ2) is 11.6. The number of ether oxygens (including phenoxy) is 1. The number of carbonyl (C=O) groups is 1. The first-order valence-electron chi connectivity index (χ1n) is 14.8. The molecule has 5 aromatic rings. The van der Waals surface area contributed by atoms with Crippen LogP contribution in [0.1, 0.15) is 53.9 Å². The Labute approximate surface area is 263 Å². The van der Waals surface area contributed by atoms with Gasteiger partial charge in [0, 0.05) is 17.3 Å². The van der Waals surface area contributed by atoms with Gasteiger partial charge in [0.15, 0.2) is 5.75 Å². The van der Waals surface area contributed by atoms with Crippen molar-refractivity contribution in [3.63, 3.8) is 0 Å². The van der Waals surface area contributed by atoms with Gasteiger partial charge in [-0.25, -0.2) is 18.1 Å². The third-order valence-electron chi connectivity index (χ3n) is 8.35. The number of nitrogens with one attached hydrogen (secondary N) is 2. The van der Waals surface area contributed by atoms with E-state index in [1.165, 1.54) is 7.11 Å². The number of anilines is 2. The van der Waals surface area contributed by atoms with Gasteiger partial charge in [-0.05, 0) is 79.1 Å². The zero-order valence-electron chi connectivity index (χ0n) is 26.0. The molecule has 0 saturated heterocycles. The monoisotopic (exact) mass is 624 g/mol. The summed E-state index contributed by atoms with van der Waals surface area (Å²) in [5.74, 6) is -0.105. The third kappa shape index (κ3) is 6.08. The molecule has 0 spiro atoms. The first-order chi connectivity index (χ1) is 21.5. The lowest BCUT2D eigenvalue weighted by atomic mass is 9.96. The molecule has 10 nitrogen and oxygen atoms in total. The summed E-state index contributed by atoms with van der Waals surface area (Å²) in [4.78, 5) is 18.4. The minimum absolute atomic E-state index is 0.0783. The Morgan fingerprint density at radius 1 is 1.07 bits per heavy atom. The molecule has 0 atom stereocenters. The first kappa shape index (κ1) is 30.1. The molecular formula is C34H36N6O4S. The molecule has 1 aliphatic carbocycles. The van der Waals surface area contributed by atoms with E-state index < -0.39 is 10.0 Å². The maximum absolute atomic E-state index is 13.7. The van der Waals surface area contributed by atoms with Crippen LogP contribution >= 0.6 is 0 Å². The van der Waals surface area contributed by atoms with Gasteiger partial charge in [-0.3, -0.25) is 9.52 Å². The van der Waals surface area contributed by atoms with Gasteiger partial charge in [0.05, 0.1) is 60.0 Å². The normalized spacial score (nSPS) is 13.8. The second-order valence-electron chi connectivity index (χ2n) is 11.8. The molecule has 6 rings (SSSR count). The summed E-state index contributed by atoms with van der Waals surface area (Å²) < 4.78 is 36.2. The molecule has 0 unspecified atom stereocenters. The smallest absolute Gasteiger partial charge is 0.255 e. The van der Waals surface area contributed by atoms with Crippen molar-refractivity contribution in [2.75, 3.05) is 23.4 Å². The number of imidazole rings is 1. The van der Waals surface area contributed by atoms with E-state index in [0.717, 1.165) is 65.0 Å². The van der Waals surface area contributed by atoms with Crippen LogP contribution < -0.4 is 14.8 Å². The van der Waals surface area contributed by atoms with Gasteiger partial charge in [0.25, 0.3) is 5.91 Å². The Hall–Kier alpha value is -4.90. The van der Waals surface area contributed by atoms with Crippen LogP contribution in [0.3, 0.4) is 0 Å². The summed E-state index contributed by atoms with van der Waals surface area (Å²) >= 11 is 0. The number of aryl methyl sites for hydroxylation is 1. The van der Waals surface area contributed by atoms with Crippen LogP contribution in [0.25, 0.3) is 22.6 Å².